The number of hydrogen-bond acceptors (Lipinski definition) is 7. The summed E-state index contributed by atoms with van der Waals surface area (Å²) >= 11 is 1.32. The Morgan fingerprint density at radius 2 is 2.30 bits per heavy atom. The zero-order valence-corrected chi connectivity index (χ0v) is 18.4. The molecule has 1 fully saturated rings. The highest BCUT2D eigenvalue weighted by Crippen LogP contribution is 2.53. The van der Waals surface area contributed by atoms with Crippen LogP contribution in [0.2, 0.25) is 0 Å². The fraction of sp³-hybridized carbons (Fsp3) is 0.778. The molecule has 0 aromatic carbocycles. The van der Waals surface area contributed by atoms with Crippen LogP contribution in [0.5, 0.6) is 0 Å². The summed E-state index contributed by atoms with van der Waals surface area (Å²) in [6.07, 6.45) is 8.12. The summed E-state index contributed by atoms with van der Waals surface area (Å²) < 4.78 is 5.90. The molecule has 1 heterocycles. The summed E-state index contributed by atoms with van der Waals surface area (Å²) in [5.41, 5.74) is 0.904. The van der Waals surface area contributed by atoms with Gasteiger partial charge in [-0.2, -0.15) is 0 Å². The molecule has 0 aliphatic heterocycles. The molecule has 4 N–H and O–H groups in total. The molecule has 1 aromatic rings. The van der Waals surface area contributed by atoms with Gasteiger partial charge in [0, 0.05) is 42.8 Å². The predicted molar refractivity (Wildman–Crippen MR) is 114 cm³/mol. The van der Waals surface area contributed by atoms with Crippen LogP contribution in [0.3, 0.4) is 0 Å². The molecule has 154 valence electrons. The van der Waals surface area contributed by atoms with Crippen LogP contribution >= 0.6 is 19.5 Å². The molecule has 27 heavy (non-hydrogen) atoms. The summed E-state index contributed by atoms with van der Waals surface area (Å²) in [5.74, 6) is 1.55. The van der Waals surface area contributed by atoms with Gasteiger partial charge in [-0.05, 0) is 31.7 Å². The Balaban J connectivity index is 1.92. The zero-order chi connectivity index (χ0) is 19.9. The summed E-state index contributed by atoms with van der Waals surface area (Å²) in [6, 6.07) is 2.19. The van der Waals surface area contributed by atoms with Crippen molar-refractivity contribution in [3.05, 3.63) is 18.0 Å². The molecule has 0 radical (unpaired) electrons. The normalized spacial score (nSPS) is 23.1. The van der Waals surface area contributed by atoms with Gasteiger partial charge in [0.05, 0.1) is 6.10 Å². The number of aromatic nitrogens is 2. The molecule has 2 unspecified atom stereocenters. The van der Waals surface area contributed by atoms with Gasteiger partial charge in [-0.3, -0.25) is 10.3 Å². The predicted octanol–water partition coefficient (Wildman–Crippen LogP) is 4.18. The Morgan fingerprint density at radius 1 is 1.52 bits per heavy atom. The molecule has 1 aliphatic carbocycles. The van der Waals surface area contributed by atoms with Gasteiger partial charge in [-0.15, -0.1) is 0 Å². The van der Waals surface area contributed by atoms with Gasteiger partial charge >= 0.3 is 0 Å². The van der Waals surface area contributed by atoms with E-state index in [0.29, 0.717) is 5.95 Å². The second-order valence-electron chi connectivity index (χ2n) is 7.39. The molecule has 2 rings (SSSR count). The lowest BCUT2D eigenvalue weighted by Crippen LogP contribution is -2.31. The van der Waals surface area contributed by atoms with Crippen LogP contribution < -0.4 is 10.0 Å². The molecular weight excluding hydrogens is 381 g/mol. The fourth-order valence-corrected chi connectivity index (χ4v) is 5.10. The van der Waals surface area contributed by atoms with E-state index in [1.54, 1.807) is 6.20 Å². The molecule has 0 spiro atoms. The standard InChI is InChI=1S/C18H34N5O2PS/c1-4-5-6-14(2)26(19,24)25-17-8-7-16(13-17)23(3)18-21-11-9-15(22-18)10-12-27-20/h9,11,14,16-17H,4-8,10,12-13,20H2,1-3H3,(H2,19,24)/t14?,16-,17-,26?/m1/s1. The van der Waals surface area contributed by atoms with Gasteiger partial charge in [0.1, 0.15) is 0 Å². The van der Waals surface area contributed by atoms with Gasteiger partial charge in [0.2, 0.25) is 13.5 Å². The number of rotatable bonds is 11. The maximum absolute atomic E-state index is 10.5. The highest BCUT2D eigenvalue weighted by atomic mass is 32.2. The lowest BCUT2D eigenvalue weighted by Gasteiger charge is -2.27. The zero-order valence-electron chi connectivity index (χ0n) is 16.7. The number of anilines is 1. The summed E-state index contributed by atoms with van der Waals surface area (Å²) in [7, 11) is -1.07. The monoisotopic (exact) mass is 415 g/mol. The molecule has 9 heteroatoms. The number of nitrogens with one attached hydrogen (secondary N) is 1. The smallest absolute Gasteiger partial charge is 0.225 e. The minimum absolute atomic E-state index is 0.0609. The first-order valence-electron chi connectivity index (χ1n) is 9.78. The van der Waals surface area contributed by atoms with Crippen molar-refractivity contribution in [2.45, 2.75) is 76.6 Å². The third-order valence-electron chi connectivity index (χ3n) is 5.28. The highest BCUT2D eigenvalue weighted by Gasteiger charge is 2.34. The molecule has 4 atom stereocenters. The second kappa shape index (κ2) is 10.8. The van der Waals surface area contributed by atoms with E-state index < -0.39 is 7.51 Å². The second-order valence-corrected chi connectivity index (χ2v) is 10.5. The van der Waals surface area contributed by atoms with E-state index in [0.717, 1.165) is 56.4 Å². The van der Waals surface area contributed by atoms with Crippen molar-refractivity contribution in [3.8, 4) is 0 Å². The number of unbranched alkanes of at least 4 members (excludes halogenated alkanes) is 1. The maximum Gasteiger partial charge on any atom is 0.225 e. The van der Waals surface area contributed by atoms with Crippen LogP contribution in [0.25, 0.3) is 0 Å². The molecule has 0 amide bonds. The lowest BCUT2D eigenvalue weighted by atomic mass is 10.2. The van der Waals surface area contributed by atoms with Gasteiger partial charge in [0.25, 0.3) is 0 Å². The van der Waals surface area contributed by atoms with Crippen molar-refractivity contribution in [2.75, 3.05) is 17.7 Å². The van der Waals surface area contributed by atoms with Crippen molar-refractivity contribution < 1.29 is 9.42 Å². The SMILES string of the molecule is CCCCC(C)P(=N)(O)O[C@@H]1CC[C@@H](N(C)c2nccc(CCSN)n2)C1. The third-order valence-corrected chi connectivity index (χ3v) is 7.79. The molecule has 1 aromatic heterocycles. The van der Waals surface area contributed by atoms with Crippen LogP contribution in [-0.2, 0) is 10.9 Å². The number of nitrogens with zero attached hydrogens (tertiary/aromatic N) is 3. The molecule has 1 saturated carbocycles. The number of hydrogen-bond donors (Lipinski definition) is 3. The fourth-order valence-electron chi connectivity index (χ4n) is 3.39. The van der Waals surface area contributed by atoms with Crippen LogP contribution in [0, 0.1) is 5.16 Å². The van der Waals surface area contributed by atoms with Crippen molar-refractivity contribution in [1.29, 1.82) is 5.16 Å². The van der Waals surface area contributed by atoms with E-state index in [1.807, 2.05) is 20.0 Å². The largest absolute Gasteiger partial charge is 0.341 e. The number of aryl methyl sites for hydroxylation is 1. The first kappa shape index (κ1) is 22.6. The number of nitrogens with two attached hydrogens (primary N) is 1. The van der Waals surface area contributed by atoms with Crippen molar-refractivity contribution in [3.63, 3.8) is 0 Å². The highest BCUT2D eigenvalue weighted by molar-refractivity contribution is 7.97. The molecular formula is C18H34N5O2PS. The Morgan fingerprint density at radius 3 is 3.00 bits per heavy atom. The van der Waals surface area contributed by atoms with Crippen molar-refractivity contribution >= 4 is 25.4 Å². The van der Waals surface area contributed by atoms with Crippen LogP contribution in [0.4, 0.5) is 5.95 Å². The minimum Gasteiger partial charge on any atom is -0.341 e. The maximum atomic E-state index is 10.5. The average molecular weight is 416 g/mol. The van der Waals surface area contributed by atoms with Crippen molar-refractivity contribution in [2.24, 2.45) is 5.14 Å². The van der Waals surface area contributed by atoms with E-state index >= 15 is 0 Å². The van der Waals surface area contributed by atoms with E-state index in [1.165, 1.54) is 11.9 Å². The van der Waals surface area contributed by atoms with E-state index in [-0.39, 0.29) is 17.8 Å². The van der Waals surface area contributed by atoms with Crippen LogP contribution in [0.15, 0.2) is 12.3 Å². The Kier molecular flexibility index (Phi) is 9.02. The summed E-state index contributed by atoms with van der Waals surface area (Å²) in [4.78, 5) is 21.7. The van der Waals surface area contributed by atoms with Gasteiger partial charge in [-0.1, -0.05) is 38.6 Å². The topological polar surface area (TPSA) is 108 Å². The summed E-state index contributed by atoms with van der Waals surface area (Å²) in [6.45, 7) is 4.06. The lowest BCUT2D eigenvalue weighted by molar-refractivity contribution is 0.194. The average Bonchev–Trinajstić information content (AvgIpc) is 3.11. The van der Waals surface area contributed by atoms with E-state index in [4.69, 9.17) is 14.8 Å². The minimum atomic E-state index is -3.08. The molecule has 7 nitrogen and oxygen atoms in total. The first-order chi connectivity index (χ1) is 12.9. The molecule has 0 saturated heterocycles. The Bertz CT molecular complexity index is 636. The van der Waals surface area contributed by atoms with Crippen LogP contribution in [-0.4, -0.2) is 45.5 Å². The molecule has 0 bridgehead atoms. The van der Waals surface area contributed by atoms with Gasteiger partial charge < -0.3 is 14.3 Å². The first-order valence-corrected chi connectivity index (χ1v) is 12.6. The van der Waals surface area contributed by atoms with Gasteiger partial charge in [0.15, 0.2) is 0 Å². The quantitative estimate of drug-likeness (QED) is 0.367. The Labute approximate surface area is 167 Å². The van der Waals surface area contributed by atoms with Gasteiger partial charge in [-0.25, -0.2) is 9.97 Å². The summed E-state index contributed by atoms with van der Waals surface area (Å²) in [5, 5.41) is 13.8. The Hall–Kier alpha value is -0.660. The van der Waals surface area contributed by atoms with Crippen LogP contribution in [0.1, 0.15) is 58.1 Å². The van der Waals surface area contributed by atoms with Crippen molar-refractivity contribution in [1.82, 2.24) is 9.97 Å². The van der Waals surface area contributed by atoms with E-state index in [2.05, 4.69) is 21.8 Å². The third kappa shape index (κ3) is 6.71. The van der Waals surface area contributed by atoms with E-state index in [9.17, 15) is 4.89 Å². The molecule has 1 aliphatic rings.